The largest absolute Gasteiger partial charge is 0.508 e. The van der Waals surface area contributed by atoms with E-state index in [1.807, 2.05) is 12.1 Å². The van der Waals surface area contributed by atoms with Gasteiger partial charge in [-0.3, -0.25) is 0 Å². The molecule has 3 N–H and O–H groups in total. The SMILES string of the molecule is Nc1ccc2ccc3cccc4ccc1c2c34.Oc1ccccc1. The second-order valence-electron chi connectivity index (χ2n) is 5.85. The third kappa shape index (κ3) is 2.38. The zero-order chi connectivity index (χ0) is 16.5. The van der Waals surface area contributed by atoms with E-state index in [9.17, 15) is 0 Å². The lowest BCUT2D eigenvalue weighted by molar-refractivity contribution is 0.475. The molecule has 0 heterocycles. The molecule has 0 bridgehead atoms. The molecule has 24 heavy (non-hydrogen) atoms. The van der Waals surface area contributed by atoms with Gasteiger partial charge in [0.1, 0.15) is 5.75 Å². The molecule has 0 spiro atoms. The van der Waals surface area contributed by atoms with E-state index in [0.29, 0.717) is 5.75 Å². The number of anilines is 1. The molecule has 0 aliphatic carbocycles. The van der Waals surface area contributed by atoms with Gasteiger partial charge in [-0.2, -0.15) is 0 Å². The van der Waals surface area contributed by atoms with E-state index in [2.05, 4.69) is 48.5 Å². The van der Waals surface area contributed by atoms with E-state index in [0.717, 1.165) is 11.1 Å². The first-order chi connectivity index (χ1) is 11.7. The molecule has 0 fully saturated rings. The van der Waals surface area contributed by atoms with Gasteiger partial charge in [-0.25, -0.2) is 0 Å². The van der Waals surface area contributed by atoms with Gasteiger partial charge in [-0.05, 0) is 45.1 Å². The Morgan fingerprint density at radius 3 is 1.75 bits per heavy atom. The molecular weight excluding hydrogens is 294 g/mol. The molecule has 0 amide bonds. The van der Waals surface area contributed by atoms with Gasteiger partial charge < -0.3 is 10.8 Å². The monoisotopic (exact) mass is 311 g/mol. The summed E-state index contributed by atoms with van der Waals surface area (Å²) in [5, 5.41) is 16.2. The van der Waals surface area contributed by atoms with Gasteiger partial charge in [0.15, 0.2) is 0 Å². The fraction of sp³-hybridized carbons (Fsp3) is 0. The predicted octanol–water partition coefficient (Wildman–Crippen LogP) is 5.56. The number of para-hydroxylation sites is 1. The summed E-state index contributed by atoms with van der Waals surface area (Å²) in [5.74, 6) is 0.322. The predicted molar refractivity (Wildman–Crippen MR) is 103 cm³/mol. The molecule has 2 nitrogen and oxygen atoms in total. The van der Waals surface area contributed by atoms with Crippen LogP contribution in [-0.2, 0) is 0 Å². The van der Waals surface area contributed by atoms with Gasteiger partial charge in [0.25, 0.3) is 0 Å². The van der Waals surface area contributed by atoms with Crippen molar-refractivity contribution in [2.75, 3.05) is 5.73 Å². The maximum absolute atomic E-state index is 8.63. The van der Waals surface area contributed by atoms with Crippen molar-refractivity contribution in [2.24, 2.45) is 0 Å². The Kier molecular flexibility index (Phi) is 3.43. The van der Waals surface area contributed by atoms with Gasteiger partial charge in [0.05, 0.1) is 0 Å². The van der Waals surface area contributed by atoms with Gasteiger partial charge in [0.2, 0.25) is 0 Å². The number of rotatable bonds is 0. The van der Waals surface area contributed by atoms with E-state index in [1.165, 1.54) is 26.9 Å². The average Bonchev–Trinajstić information content (AvgIpc) is 2.62. The van der Waals surface area contributed by atoms with Crippen LogP contribution in [0.4, 0.5) is 5.69 Å². The molecular formula is C22H17NO. The number of phenols is 1. The summed E-state index contributed by atoms with van der Waals surface area (Å²) in [4.78, 5) is 0. The minimum atomic E-state index is 0.322. The number of benzene rings is 5. The summed E-state index contributed by atoms with van der Waals surface area (Å²) in [5.41, 5.74) is 6.92. The maximum atomic E-state index is 8.63. The first-order valence-electron chi connectivity index (χ1n) is 7.90. The van der Waals surface area contributed by atoms with Crippen molar-refractivity contribution in [1.82, 2.24) is 0 Å². The summed E-state index contributed by atoms with van der Waals surface area (Å²) in [6.07, 6.45) is 0. The second-order valence-corrected chi connectivity index (χ2v) is 5.85. The van der Waals surface area contributed by atoms with E-state index in [4.69, 9.17) is 10.8 Å². The van der Waals surface area contributed by atoms with Crippen molar-refractivity contribution in [3.8, 4) is 5.75 Å². The molecule has 5 rings (SSSR count). The fourth-order valence-electron chi connectivity index (χ4n) is 3.19. The number of phenolic OH excluding ortho intramolecular Hbond substituents is 1. The van der Waals surface area contributed by atoms with Crippen molar-refractivity contribution in [1.29, 1.82) is 0 Å². The van der Waals surface area contributed by atoms with Crippen LogP contribution in [0.25, 0.3) is 32.3 Å². The van der Waals surface area contributed by atoms with Gasteiger partial charge in [0, 0.05) is 11.1 Å². The fourth-order valence-corrected chi connectivity index (χ4v) is 3.19. The molecule has 116 valence electrons. The normalized spacial score (nSPS) is 10.8. The molecule has 2 heteroatoms. The Labute approximate surface area is 140 Å². The van der Waals surface area contributed by atoms with E-state index >= 15 is 0 Å². The number of nitrogen functional groups attached to an aromatic ring is 1. The van der Waals surface area contributed by atoms with E-state index in [1.54, 1.807) is 24.3 Å². The Bertz CT molecular complexity index is 1100. The lowest BCUT2D eigenvalue weighted by Gasteiger charge is -2.11. The topological polar surface area (TPSA) is 46.2 Å². The summed E-state index contributed by atoms with van der Waals surface area (Å²) in [7, 11) is 0. The van der Waals surface area contributed by atoms with Crippen molar-refractivity contribution in [2.45, 2.75) is 0 Å². The molecule has 0 aliphatic heterocycles. The minimum absolute atomic E-state index is 0.322. The van der Waals surface area contributed by atoms with Crippen LogP contribution in [0.2, 0.25) is 0 Å². The highest BCUT2D eigenvalue weighted by atomic mass is 16.3. The highest BCUT2D eigenvalue weighted by Gasteiger charge is 2.08. The van der Waals surface area contributed by atoms with Crippen LogP contribution in [0.5, 0.6) is 5.75 Å². The smallest absolute Gasteiger partial charge is 0.115 e. The average molecular weight is 311 g/mol. The number of hydrogen-bond donors (Lipinski definition) is 2. The van der Waals surface area contributed by atoms with Gasteiger partial charge in [-0.15, -0.1) is 0 Å². The lowest BCUT2D eigenvalue weighted by atomic mass is 9.94. The third-order valence-electron chi connectivity index (χ3n) is 4.32. The minimum Gasteiger partial charge on any atom is -0.508 e. The quantitative estimate of drug-likeness (QED) is 0.290. The Hall–Kier alpha value is -3.26. The molecule has 0 saturated carbocycles. The summed E-state index contributed by atoms with van der Waals surface area (Å²) < 4.78 is 0. The molecule has 5 aromatic rings. The third-order valence-corrected chi connectivity index (χ3v) is 4.32. The first-order valence-corrected chi connectivity index (χ1v) is 7.90. The molecule has 0 aromatic heterocycles. The zero-order valence-corrected chi connectivity index (χ0v) is 13.1. The van der Waals surface area contributed by atoms with Crippen LogP contribution < -0.4 is 5.73 Å². The second kappa shape index (κ2) is 5.74. The maximum Gasteiger partial charge on any atom is 0.115 e. The number of nitrogens with two attached hydrogens (primary N) is 1. The lowest BCUT2D eigenvalue weighted by Crippen LogP contribution is -1.89. The van der Waals surface area contributed by atoms with E-state index < -0.39 is 0 Å². The summed E-state index contributed by atoms with van der Waals surface area (Å²) in [6.45, 7) is 0. The molecule has 0 unspecified atom stereocenters. The Balaban J connectivity index is 0.000000177. The van der Waals surface area contributed by atoms with Gasteiger partial charge in [-0.1, -0.05) is 66.7 Å². The number of hydrogen-bond acceptors (Lipinski definition) is 2. The summed E-state index contributed by atoms with van der Waals surface area (Å²) in [6, 6.07) is 27.8. The van der Waals surface area contributed by atoms with Crippen LogP contribution >= 0.6 is 0 Å². The van der Waals surface area contributed by atoms with Crippen LogP contribution in [0.1, 0.15) is 0 Å². The van der Waals surface area contributed by atoms with Crippen molar-refractivity contribution < 1.29 is 5.11 Å². The van der Waals surface area contributed by atoms with Gasteiger partial charge >= 0.3 is 0 Å². The summed E-state index contributed by atoms with van der Waals surface area (Å²) >= 11 is 0. The molecule has 0 radical (unpaired) electrons. The Morgan fingerprint density at radius 1 is 0.542 bits per heavy atom. The van der Waals surface area contributed by atoms with Crippen LogP contribution in [0, 0.1) is 0 Å². The Morgan fingerprint density at radius 2 is 1.12 bits per heavy atom. The highest BCUT2D eigenvalue weighted by Crippen LogP contribution is 2.36. The van der Waals surface area contributed by atoms with Crippen molar-refractivity contribution in [3.05, 3.63) is 84.9 Å². The molecule has 0 aliphatic rings. The standard InChI is InChI=1S/C16H11N.C6H6O/c17-14-9-7-12-5-4-10-2-1-3-11-6-8-13(14)16(12)15(10)11;7-6-4-2-1-3-5-6/h1-9H,17H2;1-5,7H. The van der Waals surface area contributed by atoms with Crippen LogP contribution in [-0.4, -0.2) is 5.11 Å². The van der Waals surface area contributed by atoms with E-state index in [-0.39, 0.29) is 0 Å². The van der Waals surface area contributed by atoms with Crippen LogP contribution in [0.3, 0.4) is 0 Å². The molecule has 0 atom stereocenters. The number of aromatic hydroxyl groups is 1. The molecule has 5 aromatic carbocycles. The van der Waals surface area contributed by atoms with Crippen molar-refractivity contribution >= 4 is 38.0 Å². The van der Waals surface area contributed by atoms with Crippen LogP contribution in [0.15, 0.2) is 84.9 Å². The highest BCUT2D eigenvalue weighted by molar-refractivity contribution is 6.24. The zero-order valence-electron chi connectivity index (χ0n) is 13.1. The molecule has 0 saturated heterocycles. The van der Waals surface area contributed by atoms with Crippen molar-refractivity contribution in [3.63, 3.8) is 0 Å². The first kappa shape index (κ1) is 14.3.